The third-order valence-electron chi connectivity index (χ3n) is 5.27. The summed E-state index contributed by atoms with van der Waals surface area (Å²) in [5.41, 5.74) is 2.11. The second-order valence-electron chi connectivity index (χ2n) is 7.09. The van der Waals surface area contributed by atoms with Gasteiger partial charge in [-0.15, -0.1) is 0 Å². The molecule has 164 valence electrons. The Hall–Kier alpha value is -3.65. The van der Waals surface area contributed by atoms with Gasteiger partial charge in [0.2, 0.25) is 0 Å². The van der Waals surface area contributed by atoms with Gasteiger partial charge in [0.25, 0.3) is 5.56 Å². The first-order valence-corrected chi connectivity index (χ1v) is 10.7. The van der Waals surface area contributed by atoms with E-state index < -0.39 is 12.0 Å². The van der Waals surface area contributed by atoms with Crippen molar-refractivity contribution < 1.29 is 19.0 Å². The molecule has 2 aromatic carbocycles. The Balaban J connectivity index is 1.97. The summed E-state index contributed by atoms with van der Waals surface area (Å²) in [5.74, 6) is 0.767. The van der Waals surface area contributed by atoms with Crippen molar-refractivity contribution in [3.05, 3.63) is 90.6 Å². The van der Waals surface area contributed by atoms with Gasteiger partial charge in [-0.2, -0.15) is 0 Å². The van der Waals surface area contributed by atoms with Gasteiger partial charge in [0.05, 0.1) is 37.1 Å². The zero-order valence-electron chi connectivity index (χ0n) is 18.1. The number of hydrogen-bond donors (Lipinski definition) is 0. The maximum atomic E-state index is 13.5. The highest BCUT2D eigenvalue weighted by Gasteiger charge is 2.34. The van der Waals surface area contributed by atoms with E-state index in [-0.39, 0.29) is 5.56 Å². The van der Waals surface area contributed by atoms with E-state index in [4.69, 9.17) is 14.2 Å². The van der Waals surface area contributed by atoms with Crippen molar-refractivity contribution in [1.82, 2.24) is 4.57 Å². The number of rotatable bonds is 5. The van der Waals surface area contributed by atoms with Crippen LogP contribution in [0.5, 0.6) is 11.5 Å². The number of nitrogens with zero attached hydrogens (tertiary/aromatic N) is 2. The Labute approximate surface area is 188 Å². The molecule has 1 aliphatic heterocycles. The monoisotopic (exact) mass is 450 g/mol. The standard InChI is InChI=1S/C24H22N2O5S/c1-14-20(23(28)31-4)21(17-7-5-6-8-18(17)30-3)26-22(27)19(32-24(26)25-14)13-15-9-11-16(29-2)12-10-15/h5-13,21H,1-4H3/b19-13-. The molecule has 0 saturated carbocycles. The number of benzene rings is 2. The molecule has 0 radical (unpaired) electrons. The fraction of sp³-hybridized carbons (Fsp3) is 0.208. The summed E-state index contributed by atoms with van der Waals surface area (Å²) in [6, 6.07) is 14.0. The molecule has 32 heavy (non-hydrogen) atoms. The van der Waals surface area contributed by atoms with E-state index in [1.54, 1.807) is 33.3 Å². The van der Waals surface area contributed by atoms with E-state index in [0.29, 0.717) is 31.9 Å². The zero-order valence-corrected chi connectivity index (χ0v) is 18.9. The van der Waals surface area contributed by atoms with E-state index >= 15 is 0 Å². The lowest BCUT2D eigenvalue weighted by molar-refractivity contribution is -0.136. The van der Waals surface area contributed by atoms with Crippen LogP contribution < -0.4 is 24.4 Å². The van der Waals surface area contributed by atoms with Gasteiger partial charge < -0.3 is 14.2 Å². The summed E-state index contributed by atoms with van der Waals surface area (Å²) >= 11 is 1.27. The molecule has 1 aliphatic rings. The summed E-state index contributed by atoms with van der Waals surface area (Å²) in [7, 11) is 4.48. The largest absolute Gasteiger partial charge is 0.497 e. The fourth-order valence-electron chi connectivity index (χ4n) is 3.73. The number of methoxy groups -OCH3 is 3. The molecule has 0 bridgehead atoms. The second kappa shape index (κ2) is 8.84. The van der Waals surface area contributed by atoms with Gasteiger partial charge in [0.1, 0.15) is 17.5 Å². The highest BCUT2D eigenvalue weighted by molar-refractivity contribution is 7.07. The first kappa shape index (κ1) is 21.6. The van der Waals surface area contributed by atoms with Crippen LogP contribution in [0.15, 0.2) is 69.6 Å². The minimum atomic E-state index is -0.715. The van der Waals surface area contributed by atoms with Crippen LogP contribution in [0, 0.1) is 0 Å². The van der Waals surface area contributed by atoms with Gasteiger partial charge in [0.15, 0.2) is 4.80 Å². The molecule has 0 saturated heterocycles. The molecule has 0 fully saturated rings. The highest BCUT2D eigenvalue weighted by Crippen LogP contribution is 2.35. The first-order chi connectivity index (χ1) is 15.5. The minimum Gasteiger partial charge on any atom is -0.497 e. The van der Waals surface area contributed by atoms with E-state index in [9.17, 15) is 9.59 Å². The lowest BCUT2D eigenvalue weighted by Crippen LogP contribution is -2.39. The molecular formula is C24H22N2O5S. The van der Waals surface area contributed by atoms with Gasteiger partial charge in [0, 0.05) is 5.56 Å². The Morgan fingerprint density at radius 3 is 2.44 bits per heavy atom. The molecule has 1 aromatic heterocycles. The molecule has 0 aliphatic carbocycles. The highest BCUT2D eigenvalue weighted by atomic mass is 32.1. The molecule has 1 atom stereocenters. The van der Waals surface area contributed by atoms with Crippen LogP contribution in [0.2, 0.25) is 0 Å². The van der Waals surface area contributed by atoms with Gasteiger partial charge in [-0.05, 0) is 36.8 Å². The maximum Gasteiger partial charge on any atom is 0.338 e. The number of allylic oxidation sites excluding steroid dienone is 1. The molecule has 1 unspecified atom stereocenters. The first-order valence-electron chi connectivity index (χ1n) is 9.86. The maximum absolute atomic E-state index is 13.5. The molecule has 8 heteroatoms. The van der Waals surface area contributed by atoms with E-state index in [1.807, 2.05) is 42.5 Å². The average molecular weight is 451 g/mol. The van der Waals surface area contributed by atoms with Crippen LogP contribution in [0.3, 0.4) is 0 Å². The van der Waals surface area contributed by atoms with E-state index in [1.165, 1.54) is 23.0 Å². The van der Waals surface area contributed by atoms with E-state index in [0.717, 1.165) is 11.3 Å². The van der Waals surface area contributed by atoms with Crippen LogP contribution in [-0.4, -0.2) is 31.9 Å². The van der Waals surface area contributed by atoms with Crippen LogP contribution in [0.25, 0.3) is 6.08 Å². The van der Waals surface area contributed by atoms with Crippen molar-refractivity contribution in [3.8, 4) is 11.5 Å². The number of para-hydroxylation sites is 1. The summed E-state index contributed by atoms with van der Waals surface area (Å²) in [6.07, 6.45) is 1.81. The van der Waals surface area contributed by atoms with Gasteiger partial charge >= 0.3 is 5.97 Å². The molecular weight excluding hydrogens is 428 g/mol. The molecule has 0 spiro atoms. The van der Waals surface area contributed by atoms with Gasteiger partial charge in [-0.25, -0.2) is 9.79 Å². The number of hydrogen-bond acceptors (Lipinski definition) is 7. The Bertz CT molecular complexity index is 1380. The fourth-order valence-corrected chi connectivity index (χ4v) is 4.78. The predicted molar refractivity (Wildman–Crippen MR) is 122 cm³/mol. The number of esters is 1. The van der Waals surface area contributed by atoms with Gasteiger partial charge in [-0.1, -0.05) is 41.7 Å². The third kappa shape index (κ3) is 3.73. The summed E-state index contributed by atoms with van der Waals surface area (Å²) < 4.78 is 17.8. The predicted octanol–water partition coefficient (Wildman–Crippen LogP) is 2.43. The molecule has 4 rings (SSSR count). The second-order valence-corrected chi connectivity index (χ2v) is 8.10. The minimum absolute atomic E-state index is 0.241. The molecule has 0 amide bonds. The van der Waals surface area contributed by atoms with Crippen molar-refractivity contribution in [1.29, 1.82) is 0 Å². The van der Waals surface area contributed by atoms with Crippen LogP contribution in [0.1, 0.15) is 24.1 Å². The van der Waals surface area contributed by atoms with Crippen LogP contribution >= 0.6 is 11.3 Å². The smallest absolute Gasteiger partial charge is 0.338 e. The number of carbonyl (C=O) groups is 1. The summed E-state index contributed by atoms with van der Waals surface area (Å²) in [4.78, 5) is 31.3. The quantitative estimate of drug-likeness (QED) is 0.558. The lowest BCUT2D eigenvalue weighted by atomic mass is 9.95. The number of carbonyl (C=O) groups excluding carboxylic acids is 1. The van der Waals surface area contributed by atoms with E-state index in [2.05, 4.69) is 4.99 Å². The number of aromatic nitrogens is 1. The number of fused-ring (bicyclic) bond motifs is 1. The van der Waals surface area contributed by atoms with Crippen LogP contribution in [0.4, 0.5) is 0 Å². The summed E-state index contributed by atoms with van der Waals surface area (Å²) in [6.45, 7) is 1.75. The van der Waals surface area contributed by atoms with Crippen molar-refractivity contribution in [2.45, 2.75) is 13.0 Å². The Morgan fingerprint density at radius 1 is 1.06 bits per heavy atom. The topological polar surface area (TPSA) is 79.1 Å². The molecule has 0 N–H and O–H groups in total. The average Bonchev–Trinajstić information content (AvgIpc) is 3.12. The molecule has 2 heterocycles. The SMILES string of the molecule is COC(=O)C1=C(C)N=c2s/c(=C\c3ccc(OC)cc3)c(=O)n2C1c1ccccc1OC. The Kier molecular flexibility index (Phi) is 5.96. The number of ether oxygens (including phenoxy) is 3. The van der Waals surface area contributed by atoms with Crippen molar-refractivity contribution in [3.63, 3.8) is 0 Å². The third-order valence-corrected chi connectivity index (χ3v) is 6.26. The zero-order chi connectivity index (χ0) is 22.8. The van der Waals surface area contributed by atoms with Crippen molar-refractivity contribution in [2.75, 3.05) is 21.3 Å². The molecule has 7 nitrogen and oxygen atoms in total. The Morgan fingerprint density at radius 2 is 1.78 bits per heavy atom. The molecule has 3 aromatic rings. The normalized spacial score (nSPS) is 15.8. The van der Waals surface area contributed by atoms with Crippen molar-refractivity contribution in [2.24, 2.45) is 4.99 Å². The van der Waals surface area contributed by atoms with Crippen molar-refractivity contribution >= 4 is 23.4 Å². The lowest BCUT2D eigenvalue weighted by Gasteiger charge is -2.25. The van der Waals surface area contributed by atoms with Crippen LogP contribution in [-0.2, 0) is 9.53 Å². The van der Waals surface area contributed by atoms with Gasteiger partial charge in [-0.3, -0.25) is 9.36 Å². The number of thiazole rings is 1. The summed E-state index contributed by atoms with van der Waals surface area (Å²) in [5, 5.41) is 0.